The average molecular weight is 352 g/mol. The Morgan fingerprint density at radius 2 is 1.83 bits per heavy atom. The number of hydrogen-bond acceptors (Lipinski definition) is 4. The predicted molar refractivity (Wildman–Crippen MR) is 90.4 cm³/mol. The van der Waals surface area contributed by atoms with Crippen LogP contribution in [0.15, 0.2) is 23.1 Å². The molecule has 1 N–H and O–H groups in total. The zero-order valence-electron chi connectivity index (χ0n) is 14.3. The molecule has 2 unspecified atom stereocenters. The Labute approximate surface area is 143 Å². The van der Waals surface area contributed by atoms with Crippen LogP contribution in [-0.2, 0) is 14.8 Å². The molecule has 2 fully saturated rings. The molecule has 1 aliphatic carbocycles. The van der Waals surface area contributed by atoms with Gasteiger partial charge in [0, 0.05) is 24.7 Å². The van der Waals surface area contributed by atoms with Gasteiger partial charge in [-0.15, -0.1) is 0 Å². The fourth-order valence-electron chi connectivity index (χ4n) is 3.00. The first kappa shape index (κ1) is 17.4. The van der Waals surface area contributed by atoms with Crippen LogP contribution in [0.4, 0.5) is 0 Å². The number of hydrogen-bond donors (Lipinski definition) is 1. The lowest BCUT2D eigenvalue weighted by Crippen LogP contribution is -2.48. The molecule has 1 amide bonds. The average Bonchev–Trinajstić information content (AvgIpc) is 3.29. The second-order valence-electron chi connectivity index (χ2n) is 6.84. The van der Waals surface area contributed by atoms with Crippen molar-refractivity contribution in [2.75, 3.05) is 13.1 Å². The van der Waals surface area contributed by atoms with Gasteiger partial charge in [-0.2, -0.15) is 0 Å². The Morgan fingerprint density at radius 3 is 2.42 bits per heavy atom. The maximum absolute atomic E-state index is 12.9. The molecule has 1 heterocycles. The van der Waals surface area contributed by atoms with E-state index in [2.05, 4.69) is 4.72 Å². The van der Waals surface area contributed by atoms with E-state index >= 15 is 0 Å². The number of rotatable bonds is 4. The summed E-state index contributed by atoms with van der Waals surface area (Å²) in [5.74, 6) is -0.141. The molecular weight excluding hydrogens is 328 g/mol. The summed E-state index contributed by atoms with van der Waals surface area (Å²) in [4.78, 5) is 14.8. The first-order valence-electron chi connectivity index (χ1n) is 8.34. The van der Waals surface area contributed by atoms with Crippen molar-refractivity contribution in [1.82, 2.24) is 9.62 Å². The van der Waals surface area contributed by atoms with Crippen molar-refractivity contribution >= 4 is 15.9 Å². The highest BCUT2D eigenvalue weighted by atomic mass is 32.2. The smallest absolute Gasteiger partial charge is 0.254 e. The molecule has 1 saturated carbocycles. The minimum atomic E-state index is -3.57. The van der Waals surface area contributed by atoms with Crippen LogP contribution in [0.1, 0.15) is 42.6 Å². The van der Waals surface area contributed by atoms with Crippen LogP contribution in [0.3, 0.4) is 0 Å². The molecule has 0 aromatic heterocycles. The van der Waals surface area contributed by atoms with Crippen molar-refractivity contribution in [1.29, 1.82) is 0 Å². The third kappa shape index (κ3) is 3.79. The van der Waals surface area contributed by atoms with E-state index in [4.69, 9.17) is 4.74 Å². The van der Waals surface area contributed by atoms with E-state index in [0.717, 1.165) is 18.4 Å². The van der Waals surface area contributed by atoms with E-state index in [1.165, 1.54) is 6.07 Å². The van der Waals surface area contributed by atoms with Gasteiger partial charge in [-0.25, -0.2) is 13.1 Å². The van der Waals surface area contributed by atoms with Crippen LogP contribution in [-0.4, -0.2) is 50.6 Å². The number of sulfonamides is 1. The van der Waals surface area contributed by atoms with Gasteiger partial charge < -0.3 is 9.64 Å². The van der Waals surface area contributed by atoms with Crippen molar-refractivity contribution in [3.63, 3.8) is 0 Å². The first-order valence-corrected chi connectivity index (χ1v) is 9.82. The van der Waals surface area contributed by atoms with E-state index in [1.807, 2.05) is 20.8 Å². The van der Waals surface area contributed by atoms with Gasteiger partial charge in [0.05, 0.1) is 17.1 Å². The van der Waals surface area contributed by atoms with E-state index in [9.17, 15) is 13.2 Å². The van der Waals surface area contributed by atoms with Crippen molar-refractivity contribution in [3.05, 3.63) is 29.3 Å². The van der Waals surface area contributed by atoms with Gasteiger partial charge >= 0.3 is 0 Å². The summed E-state index contributed by atoms with van der Waals surface area (Å²) in [6.07, 6.45) is 1.70. The van der Waals surface area contributed by atoms with Gasteiger partial charge in [-0.3, -0.25) is 4.79 Å². The number of ether oxygens (including phenoxy) is 1. The van der Waals surface area contributed by atoms with Crippen molar-refractivity contribution in [2.45, 2.75) is 56.8 Å². The molecule has 132 valence electrons. The largest absolute Gasteiger partial charge is 0.372 e. The highest BCUT2D eigenvalue weighted by Gasteiger charge is 2.30. The topological polar surface area (TPSA) is 75.7 Å². The minimum absolute atomic E-state index is 0.0264. The van der Waals surface area contributed by atoms with Gasteiger partial charge in [-0.05, 0) is 51.3 Å². The summed E-state index contributed by atoms with van der Waals surface area (Å²) in [6.45, 7) is 6.72. The summed E-state index contributed by atoms with van der Waals surface area (Å²) < 4.78 is 33.1. The number of carbonyl (C=O) groups excluding carboxylic acids is 1. The second kappa shape index (κ2) is 6.46. The standard InChI is InChI=1S/C17H24N2O4S/c1-11-4-7-15(24(21,22)18-14-5-6-14)8-16(11)17(20)19-9-12(2)23-13(3)10-19/h4,7-8,12-14,18H,5-6,9-10H2,1-3H3. The quantitative estimate of drug-likeness (QED) is 0.895. The highest BCUT2D eigenvalue weighted by Crippen LogP contribution is 2.24. The SMILES string of the molecule is Cc1ccc(S(=O)(=O)NC2CC2)cc1C(=O)N1CC(C)OC(C)C1. The molecule has 24 heavy (non-hydrogen) atoms. The second-order valence-corrected chi connectivity index (χ2v) is 8.55. The molecule has 1 aromatic carbocycles. The molecule has 0 radical (unpaired) electrons. The van der Waals surface area contributed by atoms with Crippen LogP contribution in [0.2, 0.25) is 0 Å². The molecule has 1 saturated heterocycles. The van der Waals surface area contributed by atoms with Crippen molar-refractivity contribution in [2.24, 2.45) is 0 Å². The Balaban J connectivity index is 1.87. The molecule has 2 aliphatic rings. The fourth-order valence-corrected chi connectivity index (χ4v) is 4.33. The van der Waals surface area contributed by atoms with Crippen LogP contribution < -0.4 is 4.72 Å². The summed E-state index contributed by atoms with van der Waals surface area (Å²) in [5, 5.41) is 0. The number of nitrogens with zero attached hydrogens (tertiary/aromatic N) is 1. The van der Waals surface area contributed by atoms with Crippen LogP contribution in [0.25, 0.3) is 0 Å². The van der Waals surface area contributed by atoms with Gasteiger partial charge in [0.1, 0.15) is 0 Å². The Hall–Kier alpha value is -1.44. The van der Waals surface area contributed by atoms with E-state index in [0.29, 0.717) is 18.7 Å². The van der Waals surface area contributed by atoms with E-state index in [1.54, 1.807) is 17.0 Å². The summed E-state index contributed by atoms with van der Waals surface area (Å²) in [5.41, 5.74) is 1.21. The minimum Gasteiger partial charge on any atom is -0.372 e. The fraction of sp³-hybridized carbons (Fsp3) is 0.588. The Morgan fingerprint density at radius 1 is 1.21 bits per heavy atom. The van der Waals surface area contributed by atoms with Gasteiger partial charge in [0.2, 0.25) is 10.0 Å². The monoisotopic (exact) mass is 352 g/mol. The van der Waals surface area contributed by atoms with Gasteiger partial charge in [0.15, 0.2) is 0 Å². The molecule has 0 spiro atoms. The number of benzene rings is 1. The summed E-state index contributed by atoms with van der Waals surface area (Å²) in [7, 11) is -3.57. The number of aryl methyl sites for hydroxylation is 1. The molecule has 7 heteroatoms. The normalized spacial score (nSPS) is 24.9. The molecular formula is C17H24N2O4S. The van der Waals surface area contributed by atoms with Crippen molar-refractivity contribution < 1.29 is 17.9 Å². The van der Waals surface area contributed by atoms with Crippen LogP contribution >= 0.6 is 0 Å². The van der Waals surface area contributed by atoms with Gasteiger partial charge in [-0.1, -0.05) is 6.07 Å². The Bertz CT molecular complexity index is 733. The van der Waals surface area contributed by atoms with Crippen molar-refractivity contribution in [3.8, 4) is 0 Å². The lowest BCUT2D eigenvalue weighted by Gasteiger charge is -2.35. The third-order valence-electron chi connectivity index (χ3n) is 4.36. The summed E-state index contributed by atoms with van der Waals surface area (Å²) >= 11 is 0. The zero-order valence-corrected chi connectivity index (χ0v) is 15.1. The zero-order chi connectivity index (χ0) is 17.5. The van der Waals surface area contributed by atoms with Gasteiger partial charge in [0.25, 0.3) is 5.91 Å². The number of nitrogens with one attached hydrogen (secondary N) is 1. The molecule has 1 aliphatic heterocycles. The predicted octanol–water partition coefficient (Wildman–Crippen LogP) is 1.69. The highest BCUT2D eigenvalue weighted by molar-refractivity contribution is 7.89. The van der Waals surface area contributed by atoms with Crippen LogP contribution in [0, 0.1) is 6.92 Å². The number of carbonyl (C=O) groups is 1. The van der Waals surface area contributed by atoms with E-state index < -0.39 is 10.0 Å². The third-order valence-corrected chi connectivity index (χ3v) is 5.87. The summed E-state index contributed by atoms with van der Waals surface area (Å²) in [6, 6.07) is 4.78. The van der Waals surface area contributed by atoms with E-state index in [-0.39, 0.29) is 29.1 Å². The Kier molecular flexibility index (Phi) is 4.68. The maximum atomic E-state index is 12.9. The maximum Gasteiger partial charge on any atom is 0.254 e. The molecule has 1 aromatic rings. The molecule has 3 rings (SSSR count). The molecule has 6 nitrogen and oxygen atoms in total. The number of morpholine rings is 1. The van der Waals surface area contributed by atoms with Crippen LogP contribution in [0.5, 0.6) is 0 Å². The molecule has 2 atom stereocenters. The number of amides is 1. The first-order chi connectivity index (χ1) is 11.3. The molecule has 0 bridgehead atoms. The lowest BCUT2D eigenvalue weighted by molar-refractivity contribution is -0.0586. The lowest BCUT2D eigenvalue weighted by atomic mass is 10.1.